The molecular weight excluding hydrogens is 873 g/mol. The summed E-state index contributed by atoms with van der Waals surface area (Å²) in [7, 11) is 0. The molecule has 12 rings (SSSR count). The second kappa shape index (κ2) is 17.3. The molecule has 0 aliphatic heterocycles. The maximum atomic E-state index is 10.9. The zero-order valence-electron chi connectivity index (χ0n) is 42.1. The van der Waals surface area contributed by atoms with E-state index in [-0.39, 0.29) is 0 Å². The van der Waals surface area contributed by atoms with Crippen LogP contribution in [0.15, 0.2) is 182 Å². The molecule has 0 N–H and O–H groups in total. The zero-order chi connectivity index (χ0) is 49.5. The summed E-state index contributed by atoms with van der Waals surface area (Å²) in [5.41, 5.74) is 26.8. The van der Waals surface area contributed by atoms with Crippen molar-refractivity contribution in [1.82, 2.24) is 14.1 Å². The van der Waals surface area contributed by atoms with Crippen molar-refractivity contribution in [2.75, 3.05) is 0 Å². The quantitative estimate of drug-likeness (QED) is 0.160. The van der Waals surface area contributed by atoms with Crippen LogP contribution in [0.25, 0.3) is 111 Å². The van der Waals surface area contributed by atoms with Crippen LogP contribution in [0.5, 0.6) is 0 Å². The average Bonchev–Trinajstić information content (AvgIpc) is 3.87. The van der Waals surface area contributed by atoms with Crippen molar-refractivity contribution in [3.63, 3.8) is 0 Å². The molecule has 346 valence electrons. The zero-order valence-corrected chi connectivity index (χ0v) is 42.1. The Morgan fingerprint density at radius 3 is 1.07 bits per heavy atom. The van der Waals surface area contributed by atoms with Crippen LogP contribution in [0.1, 0.15) is 50.1 Å². The SMILES string of the molecule is Cc1ccc(-c2ccc3c4ccc(-c5ccc(C)cc5C)cc4n(-c4cc(-c5ccccc5C#N)c(-n5c6cc(-c7ccc(C)cc7C)ccc6c6ccc(-c7ccc(C)cc7C)cc65)cn4)c3c2)c(C)c1. The summed E-state index contributed by atoms with van der Waals surface area (Å²) in [6, 6.07) is 67.1. The number of nitriles is 1. The summed E-state index contributed by atoms with van der Waals surface area (Å²) >= 11 is 0. The number of nitrogens with zero attached hydrogens (tertiary/aromatic N) is 4. The number of fused-ring (bicyclic) bond motifs is 6. The monoisotopic (exact) mass is 926 g/mol. The minimum absolute atomic E-state index is 0.597. The smallest absolute Gasteiger partial charge is 0.138 e. The Bertz CT molecular complexity index is 4050. The molecule has 12 aromatic rings. The minimum atomic E-state index is 0.597. The Morgan fingerprint density at radius 1 is 0.347 bits per heavy atom. The van der Waals surface area contributed by atoms with E-state index in [9.17, 15) is 5.26 Å². The van der Waals surface area contributed by atoms with Gasteiger partial charge in [0.25, 0.3) is 0 Å². The molecule has 4 heteroatoms. The van der Waals surface area contributed by atoms with E-state index in [1.165, 1.54) is 66.8 Å². The van der Waals surface area contributed by atoms with Crippen LogP contribution in [0.2, 0.25) is 0 Å². The summed E-state index contributed by atoms with van der Waals surface area (Å²) in [5, 5.41) is 15.5. The minimum Gasteiger partial charge on any atom is -0.307 e. The van der Waals surface area contributed by atoms with Crippen molar-refractivity contribution in [1.29, 1.82) is 5.26 Å². The molecule has 3 aromatic heterocycles. The lowest BCUT2D eigenvalue weighted by Gasteiger charge is -2.18. The molecule has 0 bridgehead atoms. The number of aryl methyl sites for hydroxylation is 8. The molecular formula is C68H54N4. The van der Waals surface area contributed by atoms with Gasteiger partial charge in [0.2, 0.25) is 0 Å². The molecule has 0 aliphatic rings. The molecule has 0 saturated carbocycles. The first-order valence-electron chi connectivity index (χ1n) is 24.9. The lowest BCUT2D eigenvalue weighted by Crippen LogP contribution is -2.04. The van der Waals surface area contributed by atoms with Gasteiger partial charge in [0.1, 0.15) is 5.82 Å². The van der Waals surface area contributed by atoms with Gasteiger partial charge >= 0.3 is 0 Å². The van der Waals surface area contributed by atoms with E-state index in [4.69, 9.17) is 4.98 Å². The first-order valence-corrected chi connectivity index (χ1v) is 24.9. The van der Waals surface area contributed by atoms with Gasteiger partial charge < -0.3 is 4.57 Å². The van der Waals surface area contributed by atoms with Crippen molar-refractivity contribution in [3.8, 4) is 73.2 Å². The van der Waals surface area contributed by atoms with Gasteiger partial charge in [-0.05, 0) is 159 Å². The highest BCUT2D eigenvalue weighted by atomic mass is 15.1. The maximum Gasteiger partial charge on any atom is 0.138 e. The fourth-order valence-electron chi connectivity index (χ4n) is 11.5. The highest BCUT2D eigenvalue weighted by Crippen LogP contribution is 2.43. The number of hydrogen-bond donors (Lipinski definition) is 0. The molecule has 0 unspecified atom stereocenters. The molecule has 0 amide bonds. The van der Waals surface area contributed by atoms with Crippen molar-refractivity contribution >= 4 is 43.6 Å². The van der Waals surface area contributed by atoms with Crippen LogP contribution in [0.3, 0.4) is 0 Å². The number of hydrogen-bond acceptors (Lipinski definition) is 2. The molecule has 72 heavy (non-hydrogen) atoms. The number of benzene rings is 9. The molecule has 0 spiro atoms. The van der Waals surface area contributed by atoms with Gasteiger partial charge in [-0.2, -0.15) is 5.26 Å². The standard InChI is InChI=1S/C68H54N4/c1-40-13-21-53(44(5)29-40)48-17-25-58-59-26-18-49(54-22-14-41(2)30-45(54)6)34-64(59)71(63(58)33-48)67-39-70-68(37-62(67)57-12-10-9-11-52(57)38-69)72-65-35-50(55-23-15-42(3)31-46(55)7)19-27-60(65)61-28-20-51(36-66(61)72)56-24-16-43(4)32-47(56)8/h9-37,39H,1-8H3. The third-order valence-corrected chi connectivity index (χ3v) is 15.0. The number of rotatable bonds is 7. The van der Waals surface area contributed by atoms with Crippen molar-refractivity contribution < 1.29 is 0 Å². The topological polar surface area (TPSA) is 46.5 Å². The highest BCUT2D eigenvalue weighted by Gasteiger charge is 2.23. The molecule has 0 saturated heterocycles. The second-order valence-corrected chi connectivity index (χ2v) is 20.1. The van der Waals surface area contributed by atoms with Gasteiger partial charge in [-0.3, -0.25) is 4.57 Å². The van der Waals surface area contributed by atoms with Gasteiger partial charge in [0.15, 0.2) is 0 Å². The summed E-state index contributed by atoms with van der Waals surface area (Å²) in [6.45, 7) is 17.4. The fourth-order valence-corrected chi connectivity index (χ4v) is 11.5. The van der Waals surface area contributed by atoms with E-state index in [1.54, 1.807) is 0 Å². The Balaban J connectivity index is 1.18. The van der Waals surface area contributed by atoms with E-state index < -0.39 is 0 Å². The Hall–Kier alpha value is -8.78. The second-order valence-electron chi connectivity index (χ2n) is 20.1. The molecule has 0 fully saturated rings. The Labute approximate surface area is 421 Å². The Kier molecular flexibility index (Phi) is 10.7. The average molecular weight is 927 g/mol. The number of aromatic nitrogens is 3. The van der Waals surface area contributed by atoms with Crippen molar-refractivity contribution in [2.24, 2.45) is 0 Å². The van der Waals surface area contributed by atoms with Gasteiger partial charge in [0.05, 0.1) is 45.6 Å². The summed E-state index contributed by atoms with van der Waals surface area (Å²) in [5.74, 6) is 0.768. The van der Waals surface area contributed by atoms with Gasteiger partial charge in [-0.1, -0.05) is 162 Å². The fraction of sp³-hybridized carbons (Fsp3) is 0.118. The molecule has 4 nitrogen and oxygen atoms in total. The lowest BCUT2D eigenvalue weighted by molar-refractivity contribution is 1.06. The van der Waals surface area contributed by atoms with Crippen LogP contribution in [-0.4, -0.2) is 14.1 Å². The van der Waals surface area contributed by atoms with Crippen LogP contribution < -0.4 is 0 Å². The summed E-state index contributed by atoms with van der Waals surface area (Å²) < 4.78 is 4.74. The number of pyridine rings is 1. The predicted octanol–water partition coefficient (Wildman–Crippen LogP) is 17.9. The first kappa shape index (κ1) is 44.4. The van der Waals surface area contributed by atoms with Crippen molar-refractivity contribution in [2.45, 2.75) is 55.4 Å². The maximum absolute atomic E-state index is 10.9. The van der Waals surface area contributed by atoms with E-state index >= 15 is 0 Å². The van der Waals surface area contributed by atoms with Crippen LogP contribution in [0, 0.1) is 66.7 Å². The Morgan fingerprint density at radius 2 is 0.708 bits per heavy atom. The first-order chi connectivity index (χ1) is 34.9. The lowest BCUT2D eigenvalue weighted by atomic mass is 9.96. The predicted molar refractivity (Wildman–Crippen MR) is 303 cm³/mol. The van der Waals surface area contributed by atoms with Gasteiger partial charge in [-0.15, -0.1) is 0 Å². The molecule has 9 aromatic carbocycles. The van der Waals surface area contributed by atoms with E-state index in [0.29, 0.717) is 5.56 Å². The third-order valence-electron chi connectivity index (χ3n) is 15.0. The highest BCUT2D eigenvalue weighted by molar-refractivity contribution is 6.13. The normalized spacial score (nSPS) is 11.6. The third kappa shape index (κ3) is 7.40. The van der Waals surface area contributed by atoms with Crippen molar-refractivity contribution in [3.05, 3.63) is 232 Å². The largest absolute Gasteiger partial charge is 0.307 e. The van der Waals surface area contributed by atoms with Gasteiger partial charge in [0, 0.05) is 32.7 Å². The molecule has 3 heterocycles. The van der Waals surface area contributed by atoms with Crippen LogP contribution >= 0.6 is 0 Å². The van der Waals surface area contributed by atoms with E-state index in [2.05, 4.69) is 228 Å². The van der Waals surface area contributed by atoms with Crippen LogP contribution in [-0.2, 0) is 0 Å². The molecule has 0 aliphatic carbocycles. The van der Waals surface area contributed by atoms with Crippen LogP contribution in [0.4, 0.5) is 0 Å². The van der Waals surface area contributed by atoms with E-state index in [1.807, 2.05) is 24.4 Å². The van der Waals surface area contributed by atoms with E-state index in [0.717, 1.165) is 88.5 Å². The summed E-state index contributed by atoms with van der Waals surface area (Å²) in [6.07, 6.45) is 2.05. The molecule has 0 radical (unpaired) electrons. The van der Waals surface area contributed by atoms with Gasteiger partial charge in [-0.25, -0.2) is 4.98 Å². The summed E-state index contributed by atoms with van der Waals surface area (Å²) in [4.78, 5) is 5.56. The molecule has 0 atom stereocenters.